The van der Waals surface area contributed by atoms with Crippen LogP contribution in [0.4, 0.5) is 18.9 Å². The van der Waals surface area contributed by atoms with E-state index < -0.39 is 6.36 Å². The van der Waals surface area contributed by atoms with Crippen LogP contribution in [-0.2, 0) is 24.2 Å². The van der Waals surface area contributed by atoms with Gasteiger partial charge in [-0.15, -0.1) is 13.2 Å². The van der Waals surface area contributed by atoms with Crippen LogP contribution in [0.5, 0.6) is 5.75 Å². The molecule has 180 valence electrons. The lowest BCUT2D eigenvalue weighted by atomic mass is 10.2. The molecule has 1 aliphatic rings. The first-order valence-electron chi connectivity index (χ1n) is 10.8. The predicted octanol–water partition coefficient (Wildman–Crippen LogP) is 3.70. The minimum atomic E-state index is -4.77. The molecule has 1 aliphatic carbocycles. The summed E-state index contributed by atoms with van der Waals surface area (Å²) in [5, 5.41) is 3.21. The van der Waals surface area contributed by atoms with Crippen molar-refractivity contribution in [1.82, 2.24) is 14.5 Å². The highest BCUT2D eigenvalue weighted by atomic mass is 32.2. The van der Waals surface area contributed by atoms with Crippen molar-refractivity contribution in [2.45, 2.75) is 51.0 Å². The summed E-state index contributed by atoms with van der Waals surface area (Å²) >= 11 is 1.20. The standard InChI is InChI=1S/C22H27F3N4O3S/c1-3-28(4-2)12-13-29-18-7-5-6-17(18)20(27-21(29)31)33-14-19(30)26-15-8-10-16(11-9-15)32-22(23,24)25/h8-11H,3-7,12-14H2,1-2H3,(H,26,30). The topological polar surface area (TPSA) is 76.5 Å². The zero-order valence-electron chi connectivity index (χ0n) is 18.6. The van der Waals surface area contributed by atoms with Crippen LogP contribution in [0.1, 0.15) is 31.5 Å². The number of nitrogens with one attached hydrogen (secondary N) is 1. The zero-order valence-corrected chi connectivity index (χ0v) is 19.4. The Labute approximate surface area is 194 Å². The van der Waals surface area contributed by atoms with Gasteiger partial charge in [0.05, 0.1) is 5.75 Å². The summed E-state index contributed by atoms with van der Waals surface area (Å²) < 4.78 is 42.3. The van der Waals surface area contributed by atoms with Gasteiger partial charge < -0.3 is 15.0 Å². The van der Waals surface area contributed by atoms with Crippen molar-refractivity contribution in [3.63, 3.8) is 0 Å². The van der Waals surface area contributed by atoms with Gasteiger partial charge in [-0.2, -0.15) is 4.98 Å². The molecule has 0 bridgehead atoms. The Morgan fingerprint density at radius 2 is 1.91 bits per heavy atom. The van der Waals surface area contributed by atoms with Crippen LogP contribution < -0.4 is 15.7 Å². The van der Waals surface area contributed by atoms with E-state index in [1.165, 1.54) is 23.9 Å². The highest BCUT2D eigenvalue weighted by Crippen LogP contribution is 2.29. The smallest absolute Gasteiger partial charge is 0.406 e. The molecular weight excluding hydrogens is 457 g/mol. The Morgan fingerprint density at radius 3 is 2.55 bits per heavy atom. The largest absolute Gasteiger partial charge is 0.573 e. The lowest BCUT2D eigenvalue weighted by Crippen LogP contribution is -2.34. The zero-order chi connectivity index (χ0) is 24.0. The summed E-state index contributed by atoms with van der Waals surface area (Å²) in [6.45, 7) is 7.39. The van der Waals surface area contributed by atoms with Crippen molar-refractivity contribution in [2.75, 3.05) is 30.7 Å². The van der Waals surface area contributed by atoms with Gasteiger partial charge in [0.25, 0.3) is 0 Å². The molecule has 7 nitrogen and oxygen atoms in total. The summed E-state index contributed by atoms with van der Waals surface area (Å²) in [7, 11) is 0. The van der Waals surface area contributed by atoms with E-state index in [0.29, 0.717) is 17.3 Å². The second kappa shape index (κ2) is 11.1. The maximum Gasteiger partial charge on any atom is 0.573 e. The van der Waals surface area contributed by atoms with E-state index in [1.54, 1.807) is 4.57 Å². The number of fused-ring (bicyclic) bond motifs is 1. The molecule has 0 radical (unpaired) electrons. The quantitative estimate of drug-likeness (QED) is 0.409. The average Bonchev–Trinajstić information content (AvgIpc) is 3.24. The fourth-order valence-electron chi connectivity index (χ4n) is 3.79. The van der Waals surface area contributed by atoms with E-state index in [1.807, 2.05) is 0 Å². The number of rotatable bonds is 10. The van der Waals surface area contributed by atoms with E-state index >= 15 is 0 Å². The summed E-state index contributed by atoms with van der Waals surface area (Å²) in [4.78, 5) is 31.5. The summed E-state index contributed by atoms with van der Waals surface area (Å²) in [6.07, 6.45) is -2.19. The third kappa shape index (κ3) is 6.97. The molecule has 1 N–H and O–H groups in total. The second-order valence-corrected chi connectivity index (χ2v) is 8.53. The minimum Gasteiger partial charge on any atom is -0.406 e. The van der Waals surface area contributed by atoms with Gasteiger partial charge in [-0.1, -0.05) is 25.6 Å². The van der Waals surface area contributed by atoms with Crippen LogP contribution in [0.2, 0.25) is 0 Å². The van der Waals surface area contributed by atoms with Crippen LogP contribution in [-0.4, -0.2) is 52.1 Å². The number of carbonyl (C=O) groups excluding carboxylic acids is 1. The number of benzene rings is 1. The third-order valence-corrected chi connectivity index (χ3v) is 6.46. The fourth-order valence-corrected chi connectivity index (χ4v) is 4.67. The molecule has 1 aromatic heterocycles. The number of aromatic nitrogens is 2. The normalized spacial score (nSPS) is 13.3. The van der Waals surface area contributed by atoms with Crippen LogP contribution >= 0.6 is 11.8 Å². The van der Waals surface area contributed by atoms with Crippen LogP contribution in [0.25, 0.3) is 0 Å². The van der Waals surface area contributed by atoms with Crippen molar-refractivity contribution in [1.29, 1.82) is 0 Å². The van der Waals surface area contributed by atoms with Crippen LogP contribution in [0, 0.1) is 0 Å². The lowest BCUT2D eigenvalue weighted by Gasteiger charge is -2.20. The fraction of sp³-hybridized carbons (Fsp3) is 0.500. The highest BCUT2D eigenvalue weighted by molar-refractivity contribution is 8.00. The molecule has 0 spiro atoms. The van der Waals surface area contributed by atoms with Gasteiger partial charge in [-0.25, -0.2) is 4.79 Å². The molecule has 0 saturated carbocycles. The van der Waals surface area contributed by atoms with E-state index in [2.05, 4.69) is 33.8 Å². The Bertz CT molecular complexity index is 1020. The van der Waals surface area contributed by atoms with E-state index in [9.17, 15) is 22.8 Å². The van der Waals surface area contributed by atoms with Gasteiger partial charge >= 0.3 is 12.1 Å². The molecule has 0 saturated heterocycles. The van der Waals surface area contributed by atoms with E-state index in [4.69, 9.17) is 0 Å². The van der Waals surface area contributed by atoms with Gasteiger partial charge in [-0.05, 0) is 56.6 Å². The van der Waals surface area contributed by atoms with Crippen molar-refractivity contribution in [3.8, 4) is 5.75 Å². The number of hydrogen-bond donors (Lipinski definition) is 1. The molecule has 0 unspecified atom stereocenters. The van der Waals surface area contributed by atoms with E-state index in [-0.39, 0.29) is 23.1 Å². The number of alkyl halides is 3. The molecule has 0 fully saturated rings. The first-order valence-corrected chi connectivity index (χ1v) is 11.8. The number of carbonyl (C=O) groups is 1. The molecule has 1 heterocycles. The molecule has 3 rings (SSSR count). The molecule has 33 heavy (non-hydrogen) atoms. The Morgan fingerprint density at radius 1 is 1.21 bits per heavy atom. The minimum absolute atomic E-state index is 0.0309. The Balaban J connectivity index is 1.62. The third-order valence-electron chi connectivity index (χ3n) is 5.45. The van der Waals surface area contributed by atoms with E-state index in [0.717, 1.165) is 62.3 Å². The summed E-state index contributed by atoms with van der Waals surface area (Å²) in [5.74, 6) is -0.677. The number of halogens is 3. The van der Waals surface area contributed by atoms with Gasteiger partial charge in [0, 0.05) is 30.0 Å². The lowest BCUT2D eigenvalue weighted by molar-refractivity contribution is -0.274. The van der Waals surface area contributed by atoms with Gasteiger partial charge in [-0.3, -0.25) is 9.36 Å². The molecule has 11 heteroatoms. The van der Waals surface area contributed by atoms with Crippen molar-refractivity contribution in [2.24, 2.45) is 0 Å². The first-order chi connectivity index (χ1) is 15.7. The number of anilines is 1. The maximum atomic E-state index is 12.7. The number of nitrogens with zero attached hydrogens (tertiary/aromatic N) is 3. The highest BCUT2D eigenvalue weighted by Gasteiger charge is 2.31. The first kappa shape index (κ1) is 25.1. The molecule has 0 atom stereocenters. The molecule has 2 aromatic rings. The molecule has 1 aromatic carbocycles. The summed E-state index contributed by atoms with van der Waals surface area (Å²) in [6, 6.07) is 4.92. The maximum absolute atomic E-state index is 12.7. The number of ether oxygens (including phenoxy) is 1. The average molecular weight is 485 g/mol. The molecule has 1 amide bonds. The van der Waals surface area contributed by atoms with Crippen LogP contribution in [0.15, 0.2) is 34.1 Å². The van der Waals surface area contributed by atoms with Crippen LogP contribution in [0.3, 0.4) is 0 Å². The predicted molar refractivity (Wildman–Crippen MR) is 121 cm³/mol. The number of hydrogen-bond acceptors (Lipinski definition) is 6. The van der Waals surface area contributed by atoms with Gasteiger partial charge in [0.1, 0.15) is 10.8 Å². The van der Waals surface area contributed by atoms with Crippen molar-refractivity contribution >= 4 is 23.4 Å². The Kier molecular flexibility index (Phi) is 8.41. The monoisotopic (exact) mass is 484 g/mol. The molecule has 0 aliphatic heterocycles. The second-order valence-electron chi connectivity index (χ2n) is 7.57. The number of amides is 1. The number of likely N-dealkylation sites (N-methyl/N-ethyl adjacent to an activating group) is 1. The Hall–Kier alpha value is -2.53. The van der Waals surface area contributed by atoms with Gasteiger partial charge in [0.15, 0.2) is 0 Å². The number of thioether (sulfide) groups is 1. The molecular formula is C22H27F3N4O3S. The summed E-state index contributed by atoms with van der Waals surface area (Å²) in [5.41, 5.74) is 2.08. The van der Waals surface area contributed by atoms with Crippen molar-refractivity contribution in [3.05, 3.63) is 46.0 Å². The SMILES string of the molecule is CCN(CC)CCn1c2c(c(SCC(=O)Nc3ccc(OC(F)(F)F)cc3)nc1=O)CCC2. The van der Waals surface area contributed by atoms with Gasteiger partial charge in [0.2, 0.25) is 5.91 Å². The van der Waals surface area contributed by atoms with Crippen molar-refractivity contribution < 1.29 is 22.7 Å².